The van der Waals surface area contributed by atoms with E-state index < -0.39 is 0 Å². The predicted molar refractivity (Wildman–Crippen MR) is 135 cm³/mol. The summed E-state index contributed by atoms with van der Waals surface area (Å²) >= 11 is 6.21. The van der Waals surface area contributed by atoms with Crippen molar-refractivity contribution in [2.75, 3.05) is 26.4 Å². The number of hydrogen-bond donors (Lipinski definition) is 2. The second kappa shape index (κ2) is 15.9. The van der Waals surface area contributed by atoms with Crippen LogP contribution in [0.15, 0.2) is 65.0 Å². The lowest BCUT2D eigenvalue weighted by Gasteiger charge is -2.11. The van der Waals surface area contributed by atoms with Gasteiger partial charge in [0, 0.05) is 19.4 Å². The Morgan fingerprint density at radius 3 is 2.18 bits per heavy atom. The van der Waals surface area contributed by atoms with Gasteiger partial charge in [-0.25, -0.2) is 5.43 Å². The molecule has 1 aromatic rings. The molecule has 0 bridgehead atoms. The molecular formula is C25H36ClN3O4. The van der Waals surface area contributed by atoms with Crippen molar-refractivity contribution in [2.24, 2.45) is 5.10 Å². The molecule has 0 fully saturated rings. The molecule has 0 aliphatic rings. The van der Waals surface area contributed by atoms with E-state index >= 15 is 0 Å². The van der Waals surface area contributed by atoms with Gasteiger partial charge in [-0.3, -0.25) is 4.79 Å². The summed E-state index contributed by atoms with van der Waals surface area (Å²) in [5.74, 6) is 1.66. The standard InChI is InChI=1S/C25H36ClN3O4/c1-18(2)27-13-7-14-32-23-9-11-24(12-10-23)33-16-8-15-31-21(5)25(26)17-19(3)20(4)28-29-22(6)30/h9-12,17-18,27H,3,5,7-8,13-16H2,1-2,4,6H3,(H,29,30)/b25-17+,28-20+. The number of nitrogens with one attached hydrogen (secondary N) is 2. The Kier molecular flexibility index (Phi) is 13.7. The summed E-state index contributed by atoms with van der Waals surface area (Å²) in [5.41, 5.74) is 3.42. The highest BCUT2D eigenvalue weighted by Gasteiger charge is 2.05. The lowest BCUT2D eigenvalue weighted by molar-refractivity contribution is -0.118. The Balaban J connectivity index is 2.26. The molecule has 1 aromatic carbocycles. The van der Waals surface area contributed by atoms with Crippen molar-refractivity contribution in [2.45, 2.75) is 46.6 Å². The van der Waals surface area contributed by atoms with Crippen LogP contribution in [-0.2, 0) is 9.53 Å². The Labute approximate surface area is 202 Å². The predicted octanol–water partition coefficient (Wildman–Crippen LogP) is 4.94. The maximum atomic E-state index is 10.9. The molecule has 0 spiro atoms. The molecule has 0 aliphatic heterocycles. The van der Waals surface area contributed by atoms with E-state index in [-0.39, 0.29) is 5.91 Å². The molecule has 0 unspecified atom stereocenters. The van der Waals surface area contributed by atoms with Gasteiger partial charge in [0.2, 0.25) is 5.91 Å². The van der Waals surface area contributed by atoms with Gasteiger partial charge in [0.1, 0.15) is 17.3 Å². The highest BCUT2D eigenvalue weighted by Crippen LogP contribution is 2.19. The normalized spacial score (nSPS) is 11.8. The zero-order chi connectivity index (χ0) is 24.6. The van der Waals surface area contributed by atoms with Crippen LogP contribution in [0.4, 0.5) is 0 Å². The van der Waals surface area contributed by atoms with Crippen molar-refractivity contribution in [3.05, 3.63) is 59.9 Å². The first-order valence-electron chi connectivity index (χ1n) is 11.0. The number of carbonyl (C=O) groups is 1. The van der Waals surface area contributed by atoms with Crippen molar-refractivity contribution in [1.29, 1.82) is 0 Å². The molecule has 0 aliphatic carbocycles. The van der Waals surface area contributed by atoms with Gasteiger partial charge in [-0.15, -0.1) is 0 Å². The van der Waals surface area contributed by atoms with Gasteiger partial charge in [-0.05, 0) is 55.8 Å². The molecule has 1 rings (SSSR count). The number of benzene rings is 1. The van der Waals surface area contributed by atoms with Crippen LogP contribution in [0.5, 0.6) is 11.5 Å². The topological polar surface area (TPSA) is 81.2 Å². The van der Waals surface area contributed by atoms with E-state index in [1.807, 2.05) is 24.3 Å². The van der Waals surface area contributed by atoms with Gasteiger partial charge in [0.15, 0.2) is 0 Å². The third-order valence-electron chi connectivity index (χ3n) is 4.21. The molecular weight excluding hydrogens is 442 g/mol. The smallest absolute Gasteiger partial charge is 0.236 e. The lowest BCUT2D eigenvalue weighted by atomic mass is 10.2. The van der Waals surface area contributed by atoms with Gasteiger partial charge < -0.3 is 19.5 Å². The molecule has 0 saturated carbocycles. The average molecular weight is 478 g/mol. The number of hydrazone groups is 1. The second-order valence-electron chi connectivity index (χ2n) is 7.64. The monoisotopic (exact) mass is 477 g/mol. The molecule has 0 saturated heterocycles. The summed E-state index contributed by atoms with van der Waals surface area (Å²) in [6.45, 7) is 17.5. The van der Waals surface area contributed by atoms with E-state index in [1.165, 1.54) is 6.92 Å². The minimum atomic E-state index is -0.262. The molecule has 0 aromatic heterocycles. The van der Waals surface area contributed by atoms with Crippen LogP contribution in [-0.4, -0.2) is 44.0 Å². The quantitative estimate of drug-likeness (QED) is 0.116. The van der Waals surface area contributed by atoms with E-state index in [2.05, 4.69) is 42.8 Å². The molecule has 182 valence electrons. The summed E-state index contributed by atoms with van der Waals surface area (Å²) in [6, 6.07) is 8.07. The second-order valence-corrected chi connectivity index (χ2v) is 8.05. The van der Waals surface area contributed by atoms with Crippen LogP contribution in [0.25, 0.3) is 0 Å². The van der Waals surface area contributed by atoms with E-state index in [4.69, 9.17) is 25.8 Å². The van der Waals surface area contributed by atoms with Crippen molar-refractivity contribution < 1.29 is 19.0 Å². The number of amides is 1. The number of rotatable bonds is 16. The van der Waals surface area contributed by atoms with Crippen molar-refractivity contribution in [3.63, 3.8) is 0 Å². The fourth-order valence-corrected chi connectivity index (χ4v) is 2.56. The highest BCUT2D eigenvalue weighted by atomic mass is 35.5. The van der Waals surface area contributed by atoms with Gasteiger partial charge in [0.25, 0.3) is 0 Å². The molecule has 0 heterocycles. The summed E-state index contributed by atoms with van der Waals surface area (Å²) < 4.78 is 17.0. The number of ether oxygens (including phenoxy) is 3. The van der Waals surface area contributed by atoms with Crippen molar-refractivity contribution >= 4 is 23.2 Å². The SMILES string of the molecule is C=C(OCCCOc1ccc(OCCCNC(C)C)cc1)/C(Cl)=C\C(=C)/C(C)=N/NC(C)=O. The third kappa shape index (κ3) is 13.4. The molecule has 33 heavy (non-hydrogen) atoms. The van der Waals surface area contributed by atoms with E-state index in [0.29, 0.717) is 54.4 Å². The van der Waals surface area contributed by atoms with Gasteiger partial charge >= 0.3 is 0 Å². The zero-order valence-electron chi connectivity index (χ0n) is 20.1. The fourth-order valence-electron chi connectivity index (χ4n) is 2.37. The molecule has 8 heteroatoms. The van der Waals surface area contributed by atoms with Gasteiger partial charge in [-0.1, -0.05) is 38.6 Å². The summed E-state index contributed by atoms with van der Waals surface area (Å²) in [7, 11) is 0. The highest BCUT2D eigenvalue weighted by molar-refractivity contribution is 6.32. The fraction of sp³-hybridized carbons (Fsp3) is 0.440. The Morgan fingerprint density at radius 2 is 1.64 bits per heavy atom. The Morgan fingerprint density at radius 1 is 1.06 bits per heavy atom. The van der Waals surface area contributed by atoms with Gasteiger partial charge in [0.05, 0.1) is 30.6 Å². The summed E-state index contributed by atoms with van der Waals surface area (Å²) in [6.07, 6.45) is 3.21. The zero-order valence-corrected chi connectivity index (χ0v) is 20.8. The number of carbonyl (C=O) groups excluding carboxylic acids is 1. The van der Waals surface area contributed by atoms with Crippen LogP contribution in [0.3, 0.4) is 0 Å². The largest absolute Gasteiger partial charge is 0.494 e. The Hall–Kier alpha value is -2.77. The summed E-state index contributed by atoms with van der Waals surface area (Å²) in [4.78, 5) is 10.9. The Bertz CT molecular complexity index is 833. The van der Waals surface area contributed by atoms with Crippen LogP contribution >= 0.6 is 11.6 Å². The van der Waals surface area contributed by atoms with Crippen LogP contribution in [0, 0.1) is 0 Å². The van der Waals surface area contributed by atoms with E-state index in [1.54, 1.807) is 13.0 Å². The van der Waals surface area contributed by atoms with Crippen molar-refractivity contribution in [3.8, 4) is 11.5 Å². The lowest BCUT2D eigenvalue weighted by Crippen LogP contribution is -2.24. The van der Waals surface area contributed by atoms with Crippen LogP contribution in [0.2, 0.25) is 0 Å². The maximum absolute atomic E-state index is 10.9. The molecule has 0 atom stereocenters. The van der Waals surface area contributed by atoms with E-state index in [9.17, 15) is 4.79 Å². The number of nitrogens with zero attached hydrogens (tertiary/aromatic N) is 1. The molecule has 7 nitrogen and oxygen atoms in total. The first-order valence-corrected chi connectivity index (χ1v) is 11.3. The minimum absolute atomic E-state index is 0.262. The molecule has 0 radical (unpaired) electrons. The number of allylic oxidation sites excluding steroid dienone is 3. The third-order valence-corrected chi connectivity index (χ3v) is 4.53. The first kappa shape index (κ1) is 28.3. The van der Waals surface area contributed by atoms with E-state index in [0.717, 1.165) is 24.5 Å². The van der Waals surface area contributed by atoms with Gasteiger partial charge in [-0.2, -0.15) is 5.10 Å². The minimum Gasteiger partial charge on any atom is -0.494 e. The average Bonchev–Trinajstić information content (AvgIpc) is 2.77. The van der Waals surface area contributed by atoms with Crippen LogP contribution < -0.4 is 20.2 Å². The van der Waals surface area contributed by atoms with Crippen LogP contribution in [0.1, 0.15) is 40.5 Å². The number of hydrogen-bond acceptors (Lipinski definition) is 6. The summed E-state index contributed by atoms with van der Waals surface area (Å²) in [5, 5.41) is 7.58. The first-order chi connectivity index (χ1) is 15.7. The van der Waals surface area contributed by atoms with Crippen molar-refractivity contribution in [1.82, 2.24) is 10.7 Å². The number of halogens is 1. The maximum Gasteiger partial charge on any atom is 0.236 e. The molecule has 2 N–H and O–H groups in total. The molecule has 1 amide bonds.